The van der Waals surface area contributed by atoms with Crippen LogP contribution in [0.2, 0.25) is 0 Å². The fourth-order valence-corrected chi connectivity index (χ4v) is 4.73. The fourth-order valence-electron chi connectivity index (χ4n) is 2.60. The average molecular weight is 329 g/mol. The molecule has 3 atom stereocenters. The van der Waals surface area contributed by atoms with Gasteiger partial charge in [-0.25, -0.2) is 9.78 Å². The van der Waals surface area contributed by atoms with E-state index in [1.807, 2.05) is 19.2 Å². The number of carbonyl (C=O) groups is 1. The summed E-state index contributed by atoms with van der Waals surface area (Å²) in [6, 6.07) is -0.0928. The summed E-state index contributed by atoms with van der Waals surface area (Å²) >= 11 is 1.44. The molecular formula is C14H23N3O2S2. The normalized spacial score (nSPS) is 23.5. The van der Waals surface area contributed by atoms with Gasteiger partial charge in [0.15, 0.2) is 5.13 Å². The third-order valence-electron chi connectivity index (χ3n) is 3.75. The number of urea groups is 1. The molecule has 1 aliphatic rings. The van der Waals surface area contributed by atoms with Gasteiger partial charge in [0.2, 0.25) is 0 Å². The van der Waals surface area contributed by atoms with Crippen LogP contribution in [0, 0.1) is 0 Å². The molecule has 5 nitrogen and oxygen atoms in total. The first-order valence-electron chi connectivity index (χ1n) is 7.51. The fraction of sp³-hybridized carbons (Fsp3) is 0.714. The lowest BCUT2D eigenvalue weighted by molar-refractivity contribution is 0.244. The summed E-state index contributed by atoms with van der Waals surface area (Å²) in [7, 11) is -0.767. The highest BCUT2D eigenvalue weighted by atomic mass is 32.2. The van der Waals surface area contributed by atoms with Crippen LogP contribution >= 0.6 is 11.3 Å². The highest BCUT2D eigenvalue weighted by Crippen LogP contribution is 2.23. The molecule has 1 saturated carbocycles. The minimum absolute atomic E-state index is 0.116. The van der Waals surface area contributed by atoms with Crippen molar-refractivity contribution < 1.29 is 9.00 Å². The maximum absolute atomic E-state index is 12.0. The number of hydrogen-bond acceptors (Lipinski definition) is 4. The smallest absolute Gasteiger partial charge is 0.321 e. The first-order chi connectivity index (χ1) is 10.1. The number of thiazole rings is 1. The number of rotatable bonds is 5. The van der Waals surface area contributed by atoms with E-state index in [1.54, 1.807) is 0 Å². The van der Waals surface area contributed by atoms with E-state index in [1.165, 1.54) is 11.3 Å². The van der Waals surface area contributed by atoms with E-state index in [4.69, 9.17) is 0 Å². The highest BCUT2D eigenvalue weighted by molar-refractivity contribution is 7.85. The Morgan fingerprint density at radius 3 is 2.95 bits per heavy atom. The van der Waals surface area contributed by atoms with Crippen molar-refractivity contribution in [2.75, 3.05) is 11.1 Å². The van der Waals surface area contributed by atoms with Crippen LogP contribution in [0.5, 0.6) is 0 Å². The van der Waals surface area contributed by atoms with Gasteiger partial charge in [-0.1, -0.05) is 20.3 Å². The van der Waals surface area contributed by atoms with Crippen LogP contribution in [0.25, 0.3) is 0 Å². The van der Waals surface area contributed by atoms with E-state index >= 15 is 0 Å². The van der Waals surface area contributed by atoms with Crippen molar-refractivity contribution in [2.45, 2.75) is 57.2 Å². The second kappa shape index (κ2) is 7.89. The quantitative estimate of drug-likeness (QED) is 0.872. The molecule has 2 N–H and O–H groups in total. The molecule has 0 unspecified atom stereocenters. The molecule has 0 saturated heterocycles. The van der Waals surface area contributed by atoms with E-state index in [0.29, 0.717) is 10.9 Å². The van der Waals surface area contributed by atoms with E-state index in [-0.39, 0.29) is 17.3 Å². The Hall–Kier alpha value is -0.950. The second-order valence-electron chi connectivity index (χ2n) is 5.25. The summed E-state index contributed by atoms with van der Waals surface area (Å²) in [6.45, 7) is 3.99. The zero-order valence-corrected chi connectivity index (χ0v) is 14.2. The van der Waals surface area contributed by atoms with Crippen molar-refractivity contribution in [3.63, 3.8) is 0 Å². The molecule has 1 aromatic heterocycles. The van der Waals surface area contributed by atoms with E-state index < -0.39 is 10.8 Å². The number of carbonyl (C=O) groups excluding carboxylic acids is 1. The predicted octanol–water partition coefficient (Wildman–Crippen LogP) is 2.91. The molecule has 2 rings (SSSR count). The molecule has 21 heavy (non-hydrogen) atoms. The standard InChI is InChI=1S/C14H23N3O2S2/c1-3-10-9-20-14(16-10)17-13(18)15-11-6-5-7-12(8-11)21(19)4-2/h9,11-12H,3-8H2,1-2H3,(H2,15,16,17,18)/t11-,12+,21+/m1/s1. The molecule has 1 heterocycles. The van der Waals surface area contributed by atoms with E-state index in [9.17, 15) is 9.00 Å². The maximum Gasteiger partial charge on any atom is 0.321 e. The minimum atomic E-state index is -0.767. The lowest BCUT2D eigenvalue weighted by Gasteiger charge is -2.28. The van der Waals surface area contributed by atoms with Crippen LogP contribution in [-0.2, 0) is 17.2 Å². The Morgan fingerprint density at radius 1 is 1.48 bits per heavy atom. The first-order valence-corrected chi connectivity index (χ1v) is 9.77. The minimum Gasteiger partial charge on any atom is -0.335 e. The highest BCUT2D eigenvalue weighted by Gasteiger charge is 2.26. The zero-order valence-electron chi connectivity index (χ0n) is 12.6. The number of aryl methyl sites for hydroxylation is 1. The number of aromatic nitrogens is 1. The van der Waals surface area contributed by atoms with Gasteiger partial charge in [-0.05, 0) is 25.7 Å². The molecule has 7 heteroatoms. The predicted molar refractivity (Wildman–Crippen MR) is 88.4 cm³/mol. The van der Waals surface area contributed by atoms with Gasteiger partial charge in [0.25, 0.3) is 0 Å². The van der Waals surface area contributed by atoms with Crippen molar-refractivity contribution in [3.05, 3.63) is 11.1 Å². The summed E-state index contributed by atoms with van der Waals surface area (Å²) in [6.07, 6.45) is 4.67. The number of anilines is 1. The van der Waals surface area contributed by atoms with Gasteiger partial charge >= 0.3 is 6.03 Å². The van der Waals surface area contributed by atoms with Crippen molar-refractivity contribution in [3.8, 4) is 0 Å². The van der Waals surface area contributed by atoms with Crippen molar-refractivity contribution in [1.29, 1.82) is 0 Å². The SMILES string of the molecule is CCc1csc(NC(=O)N[C@@H]2CCC[C@H]([S@@](=O)CC)C2)n1. The Labute approximate surface area is 132 Å². The van der Waals surface area contributed by atoms with Crippen LogP contribution in [0.15, 0.2) is 5.38 Å². The number of hydrogen-bond donors (Lipinski definition) is 2. The van der Waals surface area contributed by atoms with Crippen molar-refractivity contribution >= 4 is 33.3 Å². The molecule has 1 aliphatic carbocycles. The largest absolute Gasteiger partial charge is 0.335 e. The average Bonchev–Trinajstić information content (AvgIpc) is 2.94. The van der Waals surface area contributed by atoms with E-state index in [0.717, 1.165) is 37.8 Å². The van der Waals surface area contributed by atoms with Crippen LogP contribution in [0.1, 0.15) is 45.2 Å². The summed E-state index contributed by atoms with van der Waals surface area (Å²) in [5, 5.41) is 8.58. The molecule has 1 aromatic rings. The lowest BCUT2D eigenvalue weighted by Crippen LogP contribution is -2.42. The maximum atomic E-state index is 12.0. The lowest BCUT2D eigenvalue weighted by atomic mass is 9.95. The Balaban J connectivity index is 1.83. The van der Waals surface area contributed by atoms with Crippen LogP contribution in [0.3, 0.4) is 0 Å². The molecule has 0 aliphatic heterocycles. The first kappa shape index (κ1) is 16.4. The Bertz CT molecular complexity index is 504. The van der Waals surface area contributed by atoms with Crippen LogP contribution in [0.4, 0.5) is 9.93 Å². The van der Waals surface area contributed by atoms with Crippen molar-refractivity contribution in [1.82, 2.24) is 10.3 Å². The second-order valence-corrected chi connectivity index (χ2v) is 8.11. The van der Waals surface area contributed by atoms with Crippen molar-refractivity contribution in [2.24, 2.45) is 0 Å². The summed E-state index contributed by atoms with van der Waals surface area (Å²) in [5.41, 5.74) is 0.992. The topological polar surface area (TPSA) is 71.1 Å². The zero-order chi connectivity index (χ0) is 15.2. The Morgan fingerprint density at radius 2 is 2.29 bits per heavy atom. The molecule has 118 valence electrons. The summed E-state index contributed by atoms with van der Waals surface area (Å²) in [4.78, 5) is 16.3. The Kier molecular flexibility index (Phi) is 6.17. The van der Waals surface area contributed by atoms with Gasteiger partial charge in [-0.2, -0.15) is 0 Å². The molecule has 1 fully saturated rings. The van der Waals surface area contributed by atoms with Crippen LogP contribution in [-0.4, -0.2) is 32.3 Å². The molecule has 0 aromatic carbocycles. The van der Waals surface area contributed by atoms with Gasteiger partial charge in [0.1, 0.15) is 0 Å². The third-order valence-corrected chi connectivity index (χ3v) is 6.30. The van der Waals surface area contributed by atoms with Crippen LogP contribution < -0.4 is 10.6 Å². The van der Waals surface area contributed by atoms with Gasteiger partial charge in [-0.15, -0.1) is 11.3 Å². The van der Waals surface area contributed by atoms with Gasteiger partial charge < -0.3 is 5.32 Å². The number of nitrogens with zero attached hydrogens (tertiary/aromatic N) is 1. The molecule has 0 bridgehead atoms. The van der Waals surface area contributed by atoms with Gasteiger partial charge in [0, 0.05) is 33.2 Å². The number of nitrogens with one attached hydrogen (secondary N) is 2. The molecule has 0 spiro atoms. The summed E-state index contributed by atoms with van der Waals surface area (Å²) in [5.74, 6) is 0.697. The number of amides is 2. The monoisotopic (exact) mass is 329 g/mol. The molecule has 0 radical (unpaired) electrons. The van der Waals surface area contributed by atoms with Gasteiger partial charge in [0.05, 0.1) is 5.69 Å². The molecular weight excluding hydrogens is 306 g/mol. The molecule has 2 amide bonds. The third kappa shape index (κ3) is 4.78. The summed E-state index contributed by atoms with van der Waals surface area (Å²) < 4.78 is 11.9. The van der Waals surface area contributed by atoms with E-state index in [2.05, 4.69) is 15.6 Å². The van der Waals surface area contributed by atoms with Gasteiger partial charge in [-0.3, -0.25) is 9.53 Å².